The van der Waals surface area contributed by atoms with E-state index < -0.39 is 11.9 Å². The molecule has 0 spiro atoms. The molecule has 0 saturated carbocycles. The molecule has 2 aromatic rings. The number of carbonyl (C=O) groups is 2. The number of ether oxygens (including phenoxy) is 2. The summed E-state index contributed by atoms with van der Waals surface area (Å²) in [7, 11) is 0. The molecule has 0 saturated heterocycles. The molecule has 0 aliphatic carbocycles. The summed E-state index contributed by atoms with van der Waals surface area (Å²) in [4.78, 5) is 24.3. The highest BCUT2D eigenvalue weighted by Crippen LogP contribution is 2.49. The molecule has 14 heteroatoms. The molecule has 0 radical (unpaired) electrons. The standard InChI is InChI=1S/C24H20Cl10O4/c25-13-15(27)19(31)23(20(32)16(13)28)37-11(35)9-7-5-3-1-2-4-6-8-10-12(36)38-24-21(33)17(29)14(26)18(30)22(24)34/h1-10H2. The van der Waals surface area contributed by atoms with Crippen LogP contribution in [0.15, 0.2) is 0 Å². The highest BCUT2D eigenvalue weighted by Gasteiger charge is 2.23. The lowest BCUT2D eigenvalue weighted by molar-refractivity contribution is -0.135. The predicted octanol–water partition coefficient (Wildman–Crippen LogP) is 12.6. The summed E-state index contributed by atoms with van der Waals surface area (Å²) in [5, 5.41) is -0.435. The molecule has 0 N–H and O–H groups in total. The van der Waals surface area contributed by atoms with Crippen LogP contribution in [0.3, 0.4) is 0 Å². The zero-order valence-corrected chi connectivity index (χ0v) is 27.0. The summed E-state index contributed by atoms with van der Waals surface area (Å²) in [6.45, 7) is 0. The topological polar surface area (TPSA) is 52.6 Å². The van der Waals surface area contributed by atoms with Crippen molar-refractivity contribution in [3.8, 4) is 11.5 Å². The largest absolute Gasteiger partial charge is 0.423 e. The Morgan fingerprint density at radius 2 is 0.579 bits per heavy atom. The number of rotatable bonds is 13. The quantitative estimate of drug-likeness (QED) is 0.0678. The van der Waals surface area contributed by atoms with Gasteiger partial charge in [0.25, 0.3) is 0 Å². The average Bonchev–Trinajstić information content (AvgIpc) is 2.90. The van der Waals surface area contributed by atoms with Crippen LogP contribution in [0.4, 0.5) is 0 Å². The lowest BCUT2D eigenvalue weighted by atomic mass is 10.1. The molecular formula is C24H20Cl10O4. The first-order valence-electron chi connectivity index (χ1n) is 11.3. The summed E-state index contributed by atoms with van der Waals surface area (Å²) < 4.78 is 10.5. The van der Waals surface area contributed by atoms with Crippen molar-refractivity contribution in [1.29, 1.82) is 0 Å². The average molecular weight is 727 g/mol. The van der Waals surface area contributed by atoms with E-state index in [1.807, 2.05) is 0 Å². The van der Waals surface area contributed by atoms with Gasteiger partial charge in [-0.3, -0.25) is 9.59 Å². The van der Waals surface area contributed by atoms with E-state index in [2.05, 4.69) is 0 Å². The second-order valence-electron chi connectivity index (χ2n) is 8.07. The monoisotopic (exact) mass is 722 g/mol. The van der Waals surface area contributed by atoms with Crippen molar-refractivity contribution in [1.82, 2.24) is 0 Å². The lowest BCUT2D eigenvalue weighted by Crippen LogP contribution is -2.09. The van der Waals surface area contributed by atoms with Crippen molar-refractivity contribution < 1.29 is 19.1 Å². The zero-order chi connectivity index (χ0) is 28.6. The number of hydrogen-bond donors (Lipinski definition) is 0. The fourth-order valence-electron chi connectivity index (χ4n) is 3.28. The van der Waals surface area contributed by atoms with Crippen LogP contribution in [0.25, 0.3) is 0 Å². The van der Waals surface area contributed by atoms with Gasteiger partial charge in [0.05, 0.1) is 30.1 Å². The maximum Gasteiger partial charge on any atom is 0.311 e. The van der Waals surface area contributed by atoms with Crippen molar-refractivity contribution in [3.63, 3.8) is 0 Å². The van der Waals surface area contributed by atoms with E-state index in [1.54, 1.807) is 0 Å². The van der Waals surface area contributed by atoms with Crippen molar-refractivity contribution >= 4 is 128 Å². The van der Waals surface area contributed by atoms with E-state index in [-0.39, 0.29) is 74.6 Å². The minimum absolute atomic E-state index is 0.00782. The Labute approximate surface area is 270 Å². The van der Waals surface area contributed by atoms with E-state index in [0.717, 1.165) is 38.5 Å². The molecule has 2 aromatic carbocycles. The Morgan fingerprint density at radius 3 is 0.842 bits per heavy atom. The van der Waals surface area contributed by atoms with Crippen LogP contribution < -0.4 is 9.47 Å². The number of carbonyl (C=O) groups excluding carboxylic acids is 2. The minimum Gasteiger partial charge on any atom is -0.423 e. The third-order valence-corrected chi connectivity index (χ3v) is 9.77. The van der Waals surface area contributed by atoms with Gasteiger partial charge in [0.15, 0.2) is 11.5 Å². The number of esters is 2. The second kappa shape index (κ2) is 16.7. The zero-order valence-electron chi connectivity index (χ0n) is 19.5. The smallest absolute Gasteiger partial charge is 0.311 e. The SMILES string of the molecule is O=C(CCCCCCCCCCC(=O)Oc1c(Cl)c(Cl)c(Cl)c(Cl)c1Cl)Oc1c(Cl)c(Cl)c(Cl)c(Cl)c1Cl. The first-order chi connectivity index (χ1) is 17.9. The van der Waals surface area contributed by atoms with E-state index in [1.165, 1.54) is 0 Å². The van der Waals surface area contributed by atoms with Gasteiger partial charge in [-0.2, -0.15) is 0 Å². The maximum atomic E-state index is 12.2. The Bertz CT molecular complexity index is 1040. The third kappa shape index (κ3) is 9.41. The predicted molar refractivity (Wildman–Crippen MR) is 160 cm³/mol. The highest BCUT2D eigenvalue weighted by molar-refractivity contribution is 6.56. The molecule has 0 unspecified atom stereocenters. The molecule has 38 heavy (non-hydrogen) atoms. The number of unbranched alkanes of at least 4 members (excludes halogenated alkanes) is 7. The van der Waals surface area contributed by atoms with E-state index in [4.69, 9.17) is 125 Å². The van der Waals surface area contributed by atoms with Crippen LogP contribution in [-0.4, -0.2) is 11.9 Å². The molecule has 0 atom stereocenters. The summed E-state index contributed by atoms with van der Waals surface area (Å²) in [6, 6.07) is 0. The van der Waals surface area contributed by atoms with Gasteiger partial charge < -0.3 is 9.47 Å². The van der Waals surface area contributed by atoms with Gasteiger partial charge >= 0.3 is 11.9 Å². The minimum atomic E-state index is -0.499. The van der Waals surface area contributed by atoms with Crippen LogP contribution in [-0.2, 0) is 9.59 Å². The molecule has 0 aromatic heterocycles. The molecule has 0 fully saturated rings. The molecule has 0 amide bonds. The summed E-state index contributed by atoms with van der Waals surface area (Å²) >= 11 is 60.1. The Kier molecular flexibility index (Phi) is 15.1. The van der Waals surface area contributed by atoms with E-state index in [0.29, 0.717) is 12.8 Å². The number of benzene rings is 2. The van der Waals surface area contributed by atoms with Crippen molar-refractivity contribution in [2.45, 2.75) is 64.2 Å². The van der Waals surface area contributed by atoms with Crippen molar-refractivity contribution in [2.75, 3.05) is 0 Å². The van der Waals surface area contributed by atoms with Crippen LogP contribution in [0.2, 0.25) is 50.2 Å². The molecule has 0 aliphatic rings. The molecule has 0 bridgehead atoms. The van der Waals surface area contributed by atoms with Crippen LogP contribution in [0.1, 0.15) is 64.2 Å². The second-order valence-corrected chi connectivity index (χ2v) is 11.9. The number of halogens is 10. The van der Waals surface area contributed by atoms with Gasteiger partial charge in [0.1, 0.15) is 20.1 Å². The summed E-state index contributed by atoms with van der Waals surface area (Å²) in [5.74, 6) is -1.20. The Morgan fingerprint density at radius 1 is 0.368 bits per heavy atom. The van der Waals surface area contributed by atoms with Gasteiger partial charge in [0, 0.05) is 12.8 Å². The lowest BCUT2D eigenvalue weighted by Gasteiger charge is -2.12. The summed E-state index contributed by atoms with van der Waals surface area (Å²) in [6.07, 6.45) is 7.22. The van der Waals surface area contributed by atoms with Crippen LogP contribution >= 0.6 is 116 Å². The van der Waals surface area contributed by atoms with E-state index >= 15 is 0 Å². The molecule has 2 rings (SSSR count). The molecule has 0 aliphatic heterocycles. The van der Waals surface area contributed by atoms with Gasteiger partial charge in [-0.15, -0.1) is 0 Å². The first kappa shape index (κ1) is 34.5. The number of hydrogen-bond acceptors (Lipinski definition) is 4. The van der Waals surface area contributed by atoms with Crippen molar-refractivity contribution in [3.05, 3.63) is 50.2 Å². The third-order valence-electron chi connectivity index (χ3n) is 5.28. The van der Waals surface area contributed by atoms with Gasteiger partial charge in [0.2, 0.25) is 0 Å². The van der Waals surface area contributed by atoms with Crippen molar-refractivity contribution in [2.24, 2.45) is 0 Å². The summed E-state index contributed by atoms with van der Waals surface area (Å²) in [5.41, 5.74) is 0. The fraction of sp³-hybridized carbons (Fsp3) is 0.417. The highest BCUT2D eigenvalue weighted by atomic mass is 35.5. The molecule has 4 nitrogen and oxygen atoms in total. The fourth-order valence-corrected chi connectivity index (χ4v) is 5.67. The Balaban J connectivity index is 1.59. The van der Waals surface area contributed by atoms with Gasteiger partial charge in [-0.05, 0) is 12.8 Å². The molecule has 210 valence electrons. The van der Waals surface area contributed by atoms with Crippen LogP contribution in [0, 0.1) is 0 Å². The van der Waals surface area contributed by atoms with E-state index in [9.17, 15) is 9.59 Å². The first-order valence-corrected chi connectivity index (χ1v) is 15.1. The molecule has 0 heterocycles. The normalized spacial score (nSPS) is 11.1. The van der Waals surface area contributed by atoms with Crippen LogP contribution in [0.5, 0.6) is 11.5 Å². The molecular weight excluding hydrogens is 707 g/mol. The van der Waals surface area contributed by atoms with Gasteiger partial charge in [-0.25, -0.2) is 0 Å². The Hall–Kier alpha value is 0.280. The van der Waals surface area contributed by atoms with Gasteiger partial charge in [-0.1, -0.05) is 155 Å². The maximum absolute atomic E-state index is 12.2.